The molecule has 0 amide bonds. The molecule has 2 unspecified atom stereocenters. The monoisotopic (exact) mass is 567 g/mol. The SMILES string of the molecule is Cc1cccc(-c2ccc3c(c2)c2ccccc2n3C2CCCC(c3cccc(-c4cccc(-c5ccccc5)c4)c3)C2)c1. The largest absolute Gasteiger partial charge is 0.337 e. The van der Waals surface area contributed by atoms with Crippen molar-refractivity contribution >= 4 is 21.8 Å². The molecule has 214 valence electrons. The van der Waals surface area contributed by atoms with Gasteiger partial charge in [-0.1, -0.05) is 133 Å². The number of para-hydroxylation sites is 1. The quantitative estimate of drug-likeness (QED) is 0.195. The number of benzene rings is 6. The number of nitrogens with zero attached hydrogens (tertiary/aromatic N) is 1. The van der Waals surface area contributed by atoms with E-state index in [2.05, 4.69) is 157 Å². The van der Waals surface area contributed by atoms with E-state index in [0.29, 0.717) is 12.0 Å². The van der Waals surface area contributed by atoms with E-state index in [9.17, 15) is 0 Å². The minimum atomic E-state index is 0.478. The van der Waals surface area contributed by atoms with Crippen molar-refractivity contribution < 1.29 is 0 Å². The minimum Gasteiger partial charge on any atom is -0.337 e. The van der Waals surface area contributed by atoms with Gasteiger partial charge in [-0.3, -0.25) is 0 Å². The van der Waals surface area contributed by atoms with Crippen LogP contribution in [0.2, 0.25) is 0 Å². The van der Waals surface area contributed by atoms with Gasteiger partial charge in [0.25, 0.3) is 0 Å². The van der Waals surface area contributed by atoms with Crippen LogP contribution in [-0.4, -0.2) is 4.57 Å². The Morgan fingerprint density at radius 2 is 1.11 bits per heavy atom. The number of rotatable bonds is 5. The highest BCUT2D eigenvalue weighted by Crippen LogP contribution is 2.44. The summed E-state index contributed by atoms with van der Waals surface area (Å²) < 4.78 is 2.67. The standard InChI is InChI=1S/C43H37N/c1-30-11-7-14-32(25-30)38-23-24-43-41(29-38)40-21-5-6-22-42(40)44(43)39-20-10-19-37(28-39)36-18-9-17-35(27-36)34-16-8-15-33(26-34)31-12-3-2-4-13-31/h2-9,11-18,21-27,29,37,39H,10,19-20,28H2,1H3. The molecule has 8 rings (SSSR count). The molecule has 1 aliphatic carbocycles. The molecule has 0 N–H and O–H groups in total. The Labute approximate surface area is 260 Å². The highest BCUT2D eigenvalue weighted by atomic mass is 15.0. The Hall–Kier alpha value is -4.88. The second-order valence-corrected chi connectivity index (χ2v) is 12.6. The van der Waals surface area contributed by atoms with E-state index in [1.165, 1.54) is 92.0 Å². The van der Waals surface area contributed by atoms with Gasteiger partial charge in [0.05, 0.1) is 0 Å². The van der Waals surface area contributed by atoms with E-state index in [-0.39, 0.29) is 0 Å². The first-order valence-electron chi connectivity index (χ1n) is 16.1. The maximum Gasteiger partial charge on any atom is 0.0494 e. The summed E-state index contributed by atoms with van der Waals surface area (Å²) in [7, 11) is 0. The van der Waals surface area contributed by atoms with Crippen molar-refractivity contribution in [1.82, 2.24) is 4.57 Å². The van der Waals surface area contributed by atoms with Gasteiger partial charge in [-0.05, 0) is 95.3 Å². The lowest BCUT2D eigenvalue weighted by atomic mass is 9.80. The molecule has 1 saturated carbocycles. The van der Waals surface area contributed by atoms with E-state index >= 15 is 0 Å². The summed E-state index contributed by atoms with van der Waals surface area (Å²) in [6.07, 6.45) is 4.89. The predicted octanol–water partition coefficient (Wildman–Crippen LogP) is 12.0. The van der Waals surface area contributed by atoms with Crippen LogP contribution in [0, 0.1) is 6.92 Å². The summed E-state index contributed by atoms with van der Waals surface area (Å²) in [4.78, 5) is 0. The molecule has 1 aromatic heterocycles. The van der Waals surface area contributed by atoms with Gasteiger partial charge in [0, 0.05) is 27.8 Å². The van der Waals surface area contributed by atoms with Crippen LogP contribution in [0.25, 0.3) is 55.2 Å². The summed E-state index contributed by atoms with van der Waals surface area (Å²) in [6, 6.07) is 54.5. The first kappa shape index (κ1) is 26.7. The fourth-order valence-corrected chi connectivity index (χ4v) is 7.58. The third-order valence-electron chi connectivity index (χ3n) is 9.73. The predicted molar refractivity (Wildman–Crippen MR) is 187 cm³/mol. The molecule has 0 radical (unpaired) electrons. The second kappa shape index (κ2) is 11.3. The highest BCUT2D eigenvalue weighted by Gasteiger charge is 2.27. The smallest absolute Gasteiger partial charge is 0.0494 e. The van der Waals surface area contributed by atoms with Crippen molar-refractivity contribution in [2.45, 2.75) is 44.6 Å². The maximum absolute atomic E-state index is 2.67. The molecule has 1 aliphatic rings. The van der Waals surface area contributed by atoms with Gasteiger partial charge in [-0.15, -0.1) is 0 Å². The first-order valence-corrected chi connectivity index (χ1v) is 16.1. The van der Waals surface area contributed by atoms with Crippen LogP contribution in [0.5, 0.6) is 0 Å². The molecule has 0 spiro atoms. The third-order valence-corrected chi connectivity index (χ3v) is 9.73. The number of aromatic nitrogens is 1. The Morgan fingerprint density at radius 3 is 1.95 bits per heavy atom. The van der Waals surface area contributed by atoms with Gasteiger partial charge in [-0.25, -0.2) is 0 Å². The fraction of sp³-hybridized carbons (Fsp3) is 0.163. The highest BCUT2D eigenvalue weighted by molar-refractivity contribution is 6.09. The molecule has 1 fully saturated rings. The zero-order chi connectivity index (χ0) is 29.5. The van der Waals surface area contributed by atoms with Crippen molar-refractivity contribution in [1.29, 1.82) is 0 Å². The topological polar surface area (TPSA) is 4.93 Å². The van der Waals surface area contributed by atoms with Crippen LogP contribution in [-0.2, 0) is 0 Å². The van der Waals surface area contributed by atoms with Crippen LogP contribution in [0.4, 0.5) is 0 Å². The third kappa shape index (κ3) is 4.93. The van der Waals surface area contributed by atoms with E-state index in [0.717, 1.165) is 0 Å². The Kier molecular flexibility index (Phi) is 6.88. The van der Waals surface area contributed by atoms with Crippen LogP contribution in [0.1, 0.15) is 48.8 Å². The van der Waals surface area contributed by atoms with Gasteiger partial charge >= 0.3 is 0 Å². The van der Waals surface area contributed by atoms with Crippen LogP contribution in [0.15, 0.2) is 146 Å². The molecule has 2 atom stereocenters. The van der Waals surface area contributed by atoms with Gasteiger partial charge in [0.15, 0.2) is 0 Å². The zero-order valence-electron chi connectivity index (χ0n) is 25.3. The molecule has 1 nitrogen and oxygen atoms in total. The number of aryl methyl sites for hydroxylation is 1. The summed E-state index contributed by atoms with van der Waals surface area (Å²) >= 11 is 0. The van der Waals surface area contributed by atoms with Gasteiger partial charge in [0.2, 0.25) is 0 Å². The van der Waals surface area contributed by atoms with E-state index in [4.69, 9.17) is 0 Å². The molecule has 0 saturated heterocycles. The average Bonchev–Trinajstić information content (AvgIpc) is 3.43. The number of hydrogen-bond acceptors (Lipinski definition) is 0. The maximum atomic E-state index is 2.67. The number of fused-ring (bicyclic) bond motifs is 3. The van der Waals surface area contributed by atoms with E-state index < -0.39 is 0 Å². The molecule has 1 heterocycles. The van der Waals surface area contributed by atoms with Crippen LogP contribution < -0.4 is 0 Å². The molecule has 44 heavy (non-hydrogen) atoms. The van der Waals surface area contributed by atoms with Crippen LogP contribution in [0.3, 0.4) is 0 Å². The Bertz CT molecular complexity index is 2100. The Morgan fingerprint density at radius 1 is 0.477 bits per heavy atom. The molecular weight excluding hydrogens is 530 g/mol. The molecule has 0 bridgehead atoms. The molecule has 7 aromatic rings. The average molecular weight is 568 g/mol. The summed E-state index contributed by atoms with van der Waals surface area (Å²) in [6.45, 7) is 2.17. The van der Waals surface area contributed by atoms with Crippen LogP contribution >= 0.6 is 0 Å². The van der Waals surface area contributed by atoms with Crippen molar-refractivity contribution in [3.8, 4) is 33.4 Å². The molecule has 6 aromatic carbocycles. The minimum absolute atomic E-state index is 0.478. The second-order valence-electron chi connectivity index (χ2n) is 12.6. The normalized spacial score (nSPS) is 16.8. The first-order chi connectivity index (χ1) is 21.7. The lowest BCUT2D eigenvalue weighted by Gasteiger charge is -2.32. The lowest BCUT2D eigenvalue weighted by molar-refractivity contribution is 0.331. The van der Waals surface area contributed by atoms with Gasteiger partial charge in [0.1, 0.15) is 0 Å². The summed E-state index contributed by atoms with van der Waals surface area (Å²) in [5.74, 6) is 0.550. The fourth-order valence-electron chi connectivity index (χ4n) is 7.58. The van der Waals surface area contributed by atoms with Gasteiger partial charge < -0.3 is 4.57 Å². The lowest BCUT2D eigenvalue weighted by Crippen LogP contribution is -2.18. The van der Waals surface area contributed by atoms with Crippen molar-refractivity contribution in [2.24, 2.45) is 0 Å². The van der Waals surface area contributed by atoms with Crippen molar-refractivity contribution in [2.75, 3.05) is 0 Å². The molecular formula is C43H37N. The van der Waals surface area contributed by atoms with Gasteiger partial charge in [-0.2, -0.15) is 0 Å². The number of hydrogen-bond donors (Lipinski definition) is 0. The summed E-state index contributed by atoms with van der Waals surface area (Å²) in [5.41, 5.74) is 13.2. The van der Waals surface area contributed by atoms with E-state index in [1.807, 2.05) is 0 Å². The van der Waals surface area contributed by atoms with Crippen molar-refractivity contribution in [3.05, 3.63) is 157 Å². The van der Waals surface area contributed by atoms with Crippen molar-refractivity contribution in [3.63, 3.8) is 0 Å². The van der Waals surface area contributed by atoms with E-state index in [1.54, 1.807) is 0 Å². The Balaban J connectivity index is 1.13. The zero-order valence-corrected chi connectivity index (χ0v) is 25.3. The summed E-state index contributed by atoms with van der Waals surface area (Å²) in [5, 5.41) is 2.72. The molecule has 0 aliphatic heterocycles. The molecule has 1 heteroatoms.